The van der Waals surface area contributed by atoms with Crippen LogP contribution in [0.5, 0.6) is 0 Å². The molecule has 0 amide bonds. The third-order valence-corrected chi connectivity index (χ3v) is 4.65. The molecule has 0 saturated carbocycles. The van der Waals surface area contributed by atoms with Crippen molar-refractivity contribution in [2.75, 3.05) is 0 Å². The predicted octanol–water partition coefficient (Wildman–Crippen LogP) is 5.61. The van der Waals surface area contributed by atoms with Crippen molar-refractivity contribution in [2.24, 2.45) is 0 Å². The van der Waals surface area contributed by atoms with Gasteiger partial charge in [-0.3, -0.25) is 4.79 Å². The minimum absolute atomic E-state index is 0.0721. The lowest BCUT2D eigenvalue weighted by Gasteiger charge is -2.17. The van der Waals surface area contributed by atoms with E-state index in [0.29, 0.717) is 0 Å². The first-order chi connectivity index (χ1) is 11.7. The fourth-order valence-electron chi connectivity index (χ4n) is 3.26. The third kappa shape index (κ3) is 2.69. The fraction of sp³-hybridized carbons (Fsp3) is 0.0870. The van der Waals surface area contributed by atoms with Crippen molar-refractivity contribution in [1.82, 2.24) is 0 Å². The Kier molecular flexibility index (Phi) is 3.62. The van der Waals surface area contributed by atoms with Crippen molar-refractivity contribution >= 4 is 22.6 Å². The molecule has 0 unspecified atom stereocenters. The Morgan fingerprint density at radius 3 is 2.54 bits per heavy atom. The van der Waals surface area contributed by atoms with Gasteiger partial charge in [-0.1, -0.05) is 66.7 Å². The Morgan fingerprint density at radius 2 is 1.67 bits per heavy atom. The summed E-state index contributed by atoms with van der Waals surface area (Å²) in [5, 5.41) is 2.26. The number of rotatable bonds is 2. The Balaban J connectivity index is 1.68. The Morgan fingerprint density at radius 1 is 0.917 bits per heavy atom. The van der Waals surface area contributed by atoms with E-state index in [-0.39, 0.29) is 5.78 Å². The summed E-state index contributed by atoms with van der Waals surface area (Å²) < 4.78 is 0. The topological polar surface area (TPSA) is 17.1 Å². The summed E-state index contributed by atoms with van der Waals surface area (Å²) in [5.41, 5.74) is 5.55. The summed E-state index contributed by atoms with van der Waals surface area (Å²) in [4.78, 5) is 12.7. The summed E-state index contributed by atoms with van der Waals surface area (Å²) >= 11 is 0. The van der Waals surface area contributed by atoms with Crippen LogP contribution in [0.3, 0.4) is 0 Å². The molecule has 0 radical (unpaired) electrons. The maximum absolute atomic E-state index is 12.7. The van der Waals surface area contributed by atoms with Crippen molar-refractivity contribution in [3.05, 3.63) is 101 Å². The third-order valence-electron chi connectivity index (χ3n) is 4.65. The molecule has 1 aliphatic rings. The van der Waals surface area contributed by atoms with Crippen LogP contribution in [0.15, 0.2) is 84.0 Å². The quantitative estimate of drug-likeness (QED) is 0.444. The number of allylic oxidation sites excluding steroid dienone is 3. The smallest absolute Gasteiger partial charge is 0.186 e. The maximum Gasteiger partial charge on any atom is 0.186 e. The summed E-state index contributed by atoms with van der Waals surface area (Å²) in [5.74, 6) is 0.0721. The Labute approximate surface area is 142 Å². The van der Waals surface area contributed by atoms with Gasteiger partial charge in [0.1, 0.15) is 0 Å². The zero-order valence-electron chi connectivity index (χ0n) is 13.6. The minimum Gasteiger partial charge on any atom is -0.289 e. The molecule has 0 N–H and O–H groups in total. The number of carbonyl (C=O) groups is 1. The first kappa shape index (κ1) is 14.6. The molecule has 0 atom stereocenters. The summed E-state index contributed by atoms with van der Waals surface area (Å²) in [6.45, 7) is 2.08. The predicted molar refractivity (Wildman–Crippen MR) is 100 cm³/mol. The van der Waals surface area contributed by atoms with E-state index < -0.39 is 0 Å². The van der Waals surface area contributed by atoms with Crippen LogP contribution >= 0.6 is 0 Å². The second-order valence-electron chi connectivity index (χ2n) is 6.30. The molecular formula is C23H18O. The van der Waals surface area contributed by atoms with Gasteiger partial charge in [0, 0.05) is 5.56 Å². The van der Waals surface area contributed by atoms with Gasteiger partial charge >= 0.3 is 0 Å². The van der Waals surface area contributed by atoms with Crippen LogP contribution < -0.4 is 0 Å². The molecule has 0 bridgehead atoms. The average molecular weight is 310 g/mol. The molecule has 116 valence electrons. The van der Waals surface area contributed by atoms with E-state index >= 15 is 0 Å². The van der Waals surface area contributed by atoms with Crippen molar-refractivity contribution < 1.29 is 4.79 Å². The molecule has 3 aromatic carbocycles. The average Bonchev–Trinajstić information content (AvgIpc) is 2.62. The molecule has 0 saturated heterocycles. The summed E-state index contributed by atoms with van der Waals surface area (Å²) in [6, 6.07) is 22.4. The van der Waals surface area contributed by atoms with Crippen LogP contribution in [-0.2, 0) is 6.42 Å². The standard InChI is InChI=1S/C23H18O/c1-16-12-18-7-4-5-9-20(18)14-22(16)15-23(24)21-11-10-17-6-2-3-8-19(17)13-21/h2-13,15H,14H2,1H3. The zero-order valence-corrected chi connectivity index (χ0v) is 13.6. The first-order valence-corrected chi connectivity index (χ1v) is 8.21. The molecule has 1 nitrogen and oxygen atoms in total. The normalized spacial score (nSPS) is 15.2. The molecule has 0 spiro atoms. The number of ketones is 1. The van der Waals surface area contributed by atoms with E-state index in [0.717, 1.165) is 28.3 Å². The maximum atomic E-state index is 12.7. The highest BCUT2D eigenvalue weighted by atomic mass is 16.1. The lowest BCUT2D eigenvalue weighted by atomic mass is 9.87. The van der Waals surface area contributed by atoms with Crippen LogP contribution in [0.1, 0.15) is 28.4 Å². The minimum atomic E-state index is 0.0721. The van der Waals surface area contributed by atoms with Gasteiger partial charge < -0.3 is 0 Å². The lowest BCUT2D eigenvalue weighted by molar-refractivity contribution is 0.104. The Hall–Kier alpha value is -2.93. The number of hydrogen-bond donors (Lipinski definition) is 0. The van der Waals surface area contributed by atoms with Crippen molar-refractivity contribution in [3.8, 4) is 0 Å². The lowest BCUT2D eigenvalue weighted by Crippen LogP contribution is -2.04. The van der Waals surface area contributed by atoms with E-state index in [1.807, 2.05) is 36.4 Å². The number of hydrogen-bond acceptors (Lipinski definition) is 1. The molecule has 0 fully saturated rings. The molecule has 0 aliphatic heterocycles. The second kappa shape index (κ2) is 5.93. The number of carbonyl (C=O) groups excluding carboxylic acids is 1. The zero-order chi connectivity index (χ0) is 16.5. The van der Waals surface area contributed by atoms with Crippen LogP contribution in [0, 0.1) is 0 Å². The van der Waals surface area contributed by atoms with E-state index in [1.165, 1.54) is 16.7 Å². The van der Waals surface area contributed by atoms with E-state index in [1.54, 1.807) is 6.08 Å². The van der Waals surface area contributed by atoms with Gasteiger partial charge in [-0.25, -0.2) is 0 Å². The fourth-order valence-corrected chi connectivity index (χ4v) is 3.26. The highest BCUT2D eigenvalue weighted by Crippen LogP contribution is 2.28. The molecule has 0 aromatic heterocycles. The van der Waals surface area contributed by atoms with E-state index in [4.69, 9.17) is 0 Å². The van der Waals surface area contributed by atoms with Gasteiger partial charge in [-0.05, 0) is 58.5 Å². The monoisotopic (exact) mass is 310 g/mol. The van der Waals surface area contributed by atoms with Crippen molar-refractivity contribution in [1.29, 1.82) is 0 Å². The van der Waals surface area contributed by atoms with Gasteiger partial charge in [-0.2, -0.15) is 0 Å². The van der Waals surface area contributed by atoms with Crippen molar-refractivity contribution in [3.63, 3.8) is 0 Å². The number of benzene rings is 3. The van der Waals surface area contributed by atoms with Crippen LogP contribution in [0.4, 0.5) is 0 Å². The summed E-state index contributed by atoms with van der Waals surface area (Å²) in [6.07, 6.45) is 4.78. The molecular weight excluding hydrogens is 292 g/mol. The van der Waals surface area contributed by atoms with Gasteiger partial charge in [0.25, 0.3) is 0 Å². The molecule has 1 heteroatoms. The first-order valence-electron chi connectivity index (χ1n) is 8.21. The van der Waals surface area contributed by atoms with E-state index in [2.05, 4.69) is 43.3 Å². The molecule has 4 rings (SSSR count). The molecule has 0 heterocycles. The van der Waals surface area contributed by atoms with Gasteiger partial charge in [0.05, 0.1) is 0 Å². The van der Waals surface area contributed by atoms with Gasteiger partial charge in [0.15, 0.2) is 5.78 Å². The van der Waals surface area contributed by atoms with Gasteiger partial charge in [0.2, 0.25) is 0 Å². The summed E-state index contributed by atoms with van der Waals surface area (Å²) in [7, 11) is 0. The van der Waals surface area contributed by atoms with E-state index in [9.17, 15) is 4.79 Å². The second-order valence-corrected chi connectivity index (χ2v) is 6.30. The van der Waals surface area contributed by atoms with Gasteiger partial charge in [-0.15, -0.1) is 0 Å². The van der Waals surface area contributed by atoms with Crippen LogP contribution in [-0.4, -0.2) is 5.78 Å². The largest absolute Gasteiger partial charge is 0.289 e. The highest BCUT2D eigenvalue weighted by molar-refractivity contribution is 6.07. The molecule has 24 heavy (non-hydrogen) atoms. The molecule has 1 aliphatic carbocycles. The van der Waals surface area contributed by atoms with Crippen LogP contribution in [0.2, 0.25) is 0 Å². The molecule has 3 aromatic rings. The SMILES string of the molecule is CC1=Cc2ccccc2CC1=CC(=O)c1ccc2ccccc2c1. The Bertz CT molecular complexity index is 1010. The van der Waals surface area contributed by atoms with Crippen LogP contribution in [0.25, 0.3) is 16.8 Å². The van der Waals surface area contributed by atoms with Crippen molar-refractivity contribution in [2.45, 2.75) is 13.3 Å². The highest BCUT2D eigenvalue weighted by Gasteiger charge is 2.14. The number of fused-ring (bicyclic) bond motifs is 2.